The van der Waals surface area contributed by atoms with E-state index in [2.05, 4.69) is 17.4 Å². The molecule has 0 aromatic heterocycles. The lowest BCUT2D eigenvalue weighted by Crippen LogP contribution is -2.65. The number of ether oxygens (including phenoxy) is 1. The third-order valence-corrected chi connectivity index (χ3v) is 6.68. The molecule has 3 aliphatic heterocycles. The molecule has 23 heavy (non-hydrogen) atoms. The van der Waals surface area contributed by atoms with Gasteiger partial charge in [-0.25, -0.2) is 0 Å². The second-order valence-electron chi connectivity index (χ2n) is 8.42. The molecule has 4 heteroatoms. The van der Waals surface area contributed by atoms with Gasteiger partial charge in [-0.3, -0.25) is 4.79 Å². The number of hydrogen-bond acceptors (Lipinski definition) is 3. The number of carbonyl (C=O) groups is 1. The first-order chi connectivity index (χ1) is 11.2. The summed E-state index contributed by atoms with van der Waals surface area (Å²) in [5.41, 5.74) is 1.20. The topological polar surface area (TPSA) is 38.3 Å². The number of esters is 1. The van der Waals surface area contributed by atoms with Gasteiger partial charge in [-0.2, -0.15) is 19.0 Å². The Kier molecular flexibility index (Phi) is 3.96. The summed E-state index contributed by atoms with van der Waals surface area (Å²) >= 11 is 0. The van der Waals surface area contributed by atoms with Gasteiger partial charge in [0.05, 0.1) is 19.4 Å². The second-order valence-corrected chi connectivity index (χ2v) is 8.42. The first-order valence-corrected chi connectivity index (χ1v) is 9.25. The molecular formula is C19H27BNO2-. The van der Waals surface area contributed by atoms with Crippen LogP contribution in [0.3, 0.4) is 0 Å². The lowest BCUT2D eigenvalue weighted by molar-refractivity contribution is -0.142. The summed E-state index contributed by atoms with van der Waals surface area (Å²) in [6.07, 6.45) is 8.41. The minimum Gasteiger partial charge on any atom is -0.476 e. The van der Waals surface area contributed by atoms with Crippen LogP contribution in [-0.2, 0) is 16.0 Å². The van der Waals surface area contributed by atoms with E-state index in [1.54, 1.807) is 0 Å². The van der Waals surface area contributed by atoms with Crippen LogP contribution in [0.15, 0.2) is 30.3 Å². The van der Waals surface area contributed by atoms with Gasteiger partial charge in [-0.15, -0.1) is 0 Å². The summed E-state index contributed by atoms with van der Waals surface area (Å²) in [6.45, 7) is 0. The van der Waals surface area contributed by atoms with E-state index in [1.807, 2.05) is 18.2 Å². The van der Waals surface area contributed by atoms with Crippen molar-refractivity contribution in [1.29, 1.82) is 0 Å². The van der Waals surface area contributed by atoms with Crippen molar-refractivity contribution in [2.75, 3.05) is 7.11 Å². The van der Waals surface area contributed by atoms with Crippen LogP contribution in [0, 0.1) is 17.8 Å². The van der Waals surface area contributed by atoms with Crippen molar-refractivity contribution in [2.45, 2.75) is 50.7 Å². The molecule has 1 N–H and O–H groups in total. The molecule has 1 aliphatic carbocycles. The minimum atomic E-state index is -0.571. The van der Waals surface area contributed by atoms with Gasteiger partial charge >= 0.3 is 5.97 Å². The smallest absolute Gasteiger partial charge is 0.319 e. The van der Waals surface area contributed by atoms with Crippen LogP contribution in [0.5, 0.6) is 0 Å². The molecule has 1 aromatic carbocycles. The molecule has 4 fully saturated rings. The van der Waals surface area contributed by atoms with E-state index in [0.29, 0.717) is 0 Å². The third kappa shape index (κ3) is 3.06. The fourth-order valence-electron chi connectivity index (χ4n) is 6.32. The minimum absolute atomic E-state index is 0.105. The largest absolute Gasteiger partial charge is 0.476 e. The van der Waals surface area contributed by atoms with E-state index in [4.69, 9.17) is 4.74 Å². The van der Waals surface area contributed by atoms with Crippen molar-refractivity contribution < 1.29 is 9.53 Å². The van der Waals surface area contributed by atoms with Crippen molar-refractivity contribution in [3.05, 3.63) is 35.9 Å². The summed E-state index contributed by atoms with van der Waals surface area (Å²) < 4.78 is 5.11. The van der Waals surface area contributed by atoms with Crippen LogP contribution < -0.4 is 5.23 Å². The van der Waals surface area contributed by atoms with Crippen molar-refractivity contribution >= 4 is 12.3 Å². The quantitative estimate of drug-likeness (QED) is 0.669. The SMILES string of the molecule is COC(=O)[C@H](Cc1ccccc1)N[B-]12CC3CC(CC(C3)C1)C2. The van der Waals surface area contributed by atoms with Gasteiger partial charge < -0.3 is 9.96 Å². The average molecular weight is 312 g/mol. The first-order valence-electron chi connectivity index (χ1n) is 9.25. The van der Waals surface area contributed by atoms with Gasteiger partial charge in [-0.05, 0) is 12.0 Å². The van der Waals surface area contributed by atoms with E-state index in [-0.39, 0.29) is 12.0 Å². The lowest BCUT2D eigenvalue weighted by Gasteiger charge is -2.62. The van der Waals surface area contributed by atoms with Crippen LogP contribution in [-0.4, -0.2) is 25.4 Å². The highest BCUT2D eigenvalue weighted by molar-refractivity contribution is 6.78. The summed E-state index contributed by atoms with van der Waals surface area (Å²) in [4.78, 5) is 12.4. The molecule has 0 amide bonds. The molecule has 3 saturated heterocycles. The van der Waals surface area contributed by atoms with Crippen molar-refractivity contribution in [1.82, 2.24) is 5.23 Å². The fourth-order valence-corrected chi connectivity index (χ4v) is 6.32. The number of benzene rings is 1. The first kappa shape index (κ1) is 15.3. The molecule has 0 radical (unpaired) electrons. The lowest BCUT2D eigenvalue weighted by atomic mass is 9.18. The standard InChI is InChI=1S/C19H27BNO2/c1-23-19(22)18(10-14-5-3-2-4-6-14)21-20-11-15-7-16(12-20)9-17(8-15)13-20/h2-6,15-18,21H,7-13H2,1H3/q-1/t15?,16?,17?,18-,20?/m0/s1. The predicted octanol–water partition coefficient (Wildman–Crippen LogP) is 3.37. The third-order valence-electron chi connectivity index (χ3n) is 6.68. The molecule has 1 saturated carbocycles. The number of nitrogens with one attached hydrogen (secondary N) is 1. The zero-order chi connectivity index (χ0) is 15.9. The zero-order valence-corrected chi connectivity index (χ0v) is 14.0. The van der Waals surface area contributed by atoms with Gasteiger partial charge in [-0.1, -0.05) is 67.3 Å². The van der Waals surface area contributed by atoms with E-state index in [0.717, 1.165) is 24.2 Å². The Morgan fingerprint density at radius 1 is 1.13 bits per heavy atom. The van der Waals surface area contributed by atoms with Crippen LogP contribution in [0.25, 0.3) is 0 Å². The monoisotopic (exact) mass is 312 g/mol. The van der Waals surface area contributed by atoms with Crippen molar-refractivity contribution in [2.24, 2.45) is 17.8 Å². The molecule has 3 heterocycles. The van der Waals surface area contributed by atoms with E-state index in [9.17, 15) is 4.79 Å². The zero-order valence-electron chi connectivity index (χ0n) is 14.0. The maximum atomic E-state index is 12.4. The van der Waals surface area contributed by atoms with Gasteiger partial charge in [0.2, 0.25) is 0 Å². The number of methoxy groups -OCH3 is 1. The second kappa shape index (κ2) is 5.97. The van der Waals surface area contributed by atoms with Gasteiger partial charge in [0.15, 0.2) is 0 Å². The van der Waals surface area contributed by atoms with Crippen LogP contribution in [0.4, 0.5) is 0 Å². The Hall–Kier alpha value is -1.29. The predicted molar refractivity (Wildman–Crippen MR) is 93.6 cm³/mol. The molecule has 1 atom stereocenters. The average Bonchev–Trinajstić information content (AvgIpc) is 2.53. The molecular weight excluding hydrogens is 285 g/mol. The van der Waals surface area contributed by atoms with E-state index < -0.39 is 6.28 Å². The maximum Gasteiger partial charge on any atom is 0.319 e. The van der Waals surface area contributed by atoms with Crippen LogP contribution >= 0.6 is 0 Å². The highest BCUT2D eigenvalue weighted by Crippen LogP contribution is 2.55. The van der Waals surface area contributed by atoms with Gasteiger partial charge in [0.25, 0.3) is 0 Å². The van der Waals surface area contributed by atoms with E-state index >= 15 is 0 Å². The summed E-state index contributed by atoms with van der Waals surface area (Å²) in [6, 6.07) is 10.1. The number of hydrogen-bond donors (Lipinski definition) is 1. The Labute approximate surface area is 139 Å². The molecule has 3 nitrogen and oxygen atoms in total. The molecule has 5 rings (SSSR count). The van der Waals surface area contributed by atoms with Crippen LogP contribution in [0.1, 0.15) is 24.8 Å². The van der Waals surface area contributed by atoms with Crippen LogP contribution in [0.2, 0.25) is 19.0 Å². The van der Waals surface area contributed by atoms with E-state index in [1.165, 1.54) is 50.9 Å². The van der Waals surface area contributed by atoms with Crippen molar-refractivity contribution in [3.63, 3.8) is 0 Å². The summed E-state index contributed by atoms with van der Waals surface area (Å²) in [5.74, 6) is 2.61. The summed E-state index contributed by atoms with van der Waals surface area (Å²) in [5, 5.41) is 3.85. The molecule has 124 valence electrons. The normalized spacial score (nSPS) is 36.0. The fraction of sp³-hybridized carbons (Fsp3) is 0.632. The molecule has 1 aromatic rings. The highest BCUT2D eigenvalue weighted by atomic mass is 16.5. The Bertz CT molecular complexity index is 539. The Morgan fingerprint density at radius 3 is 2.22 bits per heavy atom. The van der Waals surface area contributed by atoms with Crippen molar-refractivity contribution in [3.8, 4) is 0 Å². The molecule has 0 unspecified atom stereocenters. The highest BCUT2D eigenvalue weighted by Gasteiger charge is 2.47. The molecule has 0 spiro atoms. The number of rotatable bonds is 5. The Morgan fingerprint density at radius 2 is 1.70 bits per heavy atom. The van der Waals surface area contributed by atoms with Gasteiger partial charge in [0, 0.05) is 0 Å². The number of carbonyl (C=O) groups excluding carboxylic acids is 1. The maximum absolute atomic E-state index is 12.4. The van der Waals surface area contributed by atoms with Gasteiger partial charge in [0.1, 0.15) is 0 Å². The molecule has 4 bridgehead atoms. The summed E-state index contributed by atoms with van der Waals surface area (Å²) in [7, 11) is 1.51. The Balaban J connectivity index is 1.52. The molecule has 4 aliphatic rings.